The highest BCUT2D eigenvalue weighted by atomic mass is 28.3. The van der Waals surface area contributed by atoms with Crippen LogP contribution in [0.3, 0.4) is 0 Å². The maximum Gasteiger partial charge on any atom is 0.129 e. The number of benzene rings is 1. The summed E-state index contributed by atoms with van der Waals surface area (Å²) in [5.41, 5.74) is 6.78. The highest BCUT2D eigenvalue weighted by molar-refractivity contribution is 6.83. The average Bonchev–Trinajstić information content (AvgIpc) is 2.87. The van der Waals surface area contributed by atoms with Crippen molar-refractivity contribution >= 4 is 20.2 Å². The molecule has 0 radical (unpaired) electrons. The summed E-state index contributed by atoms with van der Waals surface area (Å²) in [5.74, 6) is 3.26. The summed E-state index contributed by atoms with van der Waals surface area (Å²) in [5, 5.41) is 0. The molecule has 0 aliphatic rings. The standard InChI is InChI=1S/C17H19NSi/c1-19(2,3)14-12-16-8-6-15(7-9-16)10-11-17-5-4-13-18-17/h4-11,13,18H,1-3H3. The lowest BCUT2D eigenvalue weighted by molar-refractivity contribution is 1.38. The van der Waals surface area contributed by atoms with Crippen LogP contribution >= 0.6 is 0 Å². The molecule has 1 aromatic carbocycles. The van der Waals surface area contributed by atoms with Crippen LogP contribution in [0.2, 0.25) is 19.6 Å². The predicted molar refractivity (Wildman–Crippen MR) is 86.4 cm³/mol. The first-order valence-corrected chi connectivity index (χ1v) is 9.98. The Morgan fingerprint density at radius 3 is 2.32 bits per heavy atom. The molecular formula is C17H19NSi. The minimum atomic E-state index is -1.28. The molecule has 0 saturated heterocycles. The number of aromatic amines is 1. The van der Waals surface area contributed by atoms with Crippen molar-refractivity contribution in [1.29, 1.82) is 0 Å². The molecule has 1 N–H and O–H groups in total. The molecule has 2 aromatic rings. The Morgan fingerprint density at radius 1 is 1.00 bits per heavy atom. The van der Waals surface area contributed by atoms with E-state index in [2.05, 4.69) is 72.5 Å². The second kappa shape index (κ2) is 5.77. The van der Waals surface area contributed by atoms with Crippen molar-refractivity contribution in [1.82, 2.24) is 4.98 Å². The Hall–Kier alpha value is -1.98. The van der Waals surface area contributed by atoms with Crippen LogP contribution in [0.15, 0.2) is 42.6 Å². The Bertz CT molecular complexity index is 602. The molecule has 1 nitrogen and oxygen atoms in total. The van der Waals surface area contributed by atoms with Crippen LogP contribution in [-0.4, -0.2) is 13.1 Å². The lowest BCUT2D eigenvalue weighted by atomic mass is 10.1. The van der Waals surface area contributed by atoms with Gasteiger partial charge in [0.25, 0.3) is 0 Å². The van der Waals surface area contributed by atoms with E-state index in [0.29, 0.717) is 0 Å². The molecule has 0 aliphatic carbocycles. The van der Waals surface area contributed by atoms with Gasteiger partial charge in [-0.1, -0.05) is 43.8 Å². The minimum Gasteiger partial charge on any atom is -0.362 e. The largest absolute Gasteiger partial charge is 0.362 e. The number of rotatable bonds is 2. The molecule has 0 amide bonds. The first-order chi connectivity index (χ1) is 9.03. The van der Waals surface area contributed by atoms with Crippen LogP contribution in [0.25, 0.3) is 12.2 Å². The van der Waals surface area contributed by atoms with Crippen molar-refractivity contribution in [3.63, 3.8) is 0 Å². The SMILES string of the molecule is C[Si](C)(C)C#Cc1ccc(C=Cc2ccc[nH]2)cc1. The second-order valence-corrected chi connectivity index (χ2v) is 10.3. The monoisotopic (exact) mass is 265 g/mol. The number of H-pyrrole nitrogens is 1. The van der Waals surface area contributed by atoms with Gasteiger partial charge in [-0.2, -0.15) is 0 Å². The third-order valence-electron chi connectivity index (χ3n) is 2.57. The molecule has 2 rings (SSSR count). The molecule has 0 unspecified atom stereocenters. The molecule has 0 aliphatic heterocycles. The predicted octanol–water partition coefficient (Wildman–Crippen LogP) is 4.41. The molecular weight excluding hydrogens is 246 g/mol. The van der Waals surface area contributed by atoms with Gasteiger partial charge in [0.2, 0.25) is 0 Å². The molecule has 19 heavy (non-hydrogen) atoms. The van der Waals surface area contributed by atoms with E-state index >= 15 is 0 Å². The third kappa shape index (κ3) is 4.65. The zero-order valence-electron chi connectivity index (χ0n) is 11.7. The van der Waals surface area contributed by atoms with Gasteiger partial charge in [-0.3, -0.25) is 0 Å². The summed E-state index contributed by atoms with van der Waals surface area (Å²) in [6.45, 7) is 6.77. The van der Waals surface area contributed by atoms with E-state index in [4.69, 9.17) is 0 Å². The lowest BCUT2D eigenvalue weighted by Gasteiger charge is -2.03. The Morgan fingerprint density at radius 2 is 1.74 bits per heavy atom. The zero-order valence-corrected chi connectivity index (χ0v) is 12.7. The third-order valence-corrected chi connectivity index (χ3v) is 3.44. The number of hydrogen-bond acceptors (Lipinski definition) is 0. The Balaban J connectivity index is 2.08. The molecule has 0 bridgehead atoms. The number of nitrogens with one attached hydrogen (secondary N) is 1. The van der Waals surface area contributed by atoms with Crippen molar-refractivity contribution in [3.8, 4) is 11.5 Å². The van der Waals surface area contributed by atoms with Crippen molar-refractivity contribution in [3.05, 3.63) is 59.4 Å². The van der Waals surface area contributed by atoms with E-state index in [-0.39, 0.29) is 0 Å². The summed E-state index contributed by atoms with van der Waals surface area (Å²) < 4.78 is 0. The van der Waals surface area contributed by atoms with Crippen molar-refractivity contribution in [2.75, 3.05) is 0 Å². The molecule has 0 spiro atoms. The van der Waals surface area contributed by atoms with Gasteiger partial charge in [-0.25, -0.2) is 0 Å². The van der Waals surface area contributed by atoms with Gasteiger partial charge < -0.3 is 4.98 Å². The van der Waals surface area contributed by atoms with Gasteiger partial charge >= 0.3 is 0 Å². The maximum atomic E-state index is 3.38. The summed E-state index contributed by atoms with van der Waals surface area (Å²) in [7, 11) is -1.28. The van der Waals surface area contributed by atoms with Crippen LogP contribution in [0, 0.1) is 11.5 Å². The van der Waals surface area contributed by atoms with E-state index in [1.807, 2.05) is 18.3 Å². The van der Waals surface area contributed by atoms with Crippen molar-refractivity contribution in [2.24, 2.45) is 0 Å². The van der Waals surface area contributed by atoms with Crippen LogP contribution in [0.5, 0.6) is 0 Å². The van der Waals surface area contributed by atoms with Gasteiger partial charge in [-0.15, -0.1) is 5.54 Å². The molecule has 1 aromatic heterocycles. The van der Waals surface area contributed by atoms with Crippen LogP contribution in [0.4, 0.5) is 0 Å². The number of hydrogen-bond donors (Lipinski definition) is 1. The lowest BCUT2D eigenvalue weighted by Crippen LogP contribution is -2.16. The molecule has 0 atom stereocenters. The molecule has 96 valence electrons. The van der Waals surface area contributed by atoms with Crippen LogP contribution in [-0.2, 0) is 0 Å². The van der Waals surface area contributed by atoms with Gasteiger partial charge in [0.05, 0.1) is 0 Å². The quantitative estimate of drug-likeness (QED) is 0.611. The first kappa shape index (κ1) is 13.4. The van der Waals surface area contributed by atoms with Gasteiger partial charge in [0.1, 0.15) is 8.07 Å². The normalized spacial score (nSPS) is 11.3. The average molecular weight is 265 g/mol. The van der Waals surface area contributed by atoms with Crippen LogP contribution in [0.1, 0.15) is 16.8 Å². The highest BCUT2D eigenvalue weighted by Crippen LogP contribution is 2.08. The van der Waals surface area contributed by atoms with Gasteiger partial charge in [0, 0.05) is 17.5 Å². The summed E-state index contributed by atoms with van der Waals surface area (Å²) in [4.78, 5) is 3.15. The van der Waals surface area contributed by atoms with Crippen molar-refractivity contribution in [2.45, 2.75) is 19.6 Å². The minimum absolute atomic E-state index is 1.10. The van der Waals surface area contributed by atoms with E-state index in [1.54, 1.807) is 0 Å². The topological polar surface area (TPSA) is 15.8 Å². The first-order valence-electron chi connectivity index (χ1n) is 6.48. The van der Waals surface area contributed by atoms with E-state index in [9.17, 15) is 0 Å². The molecule has 0 fully saturated rings. The molecule has 1 heterocycles. The molecule has 0 saturated carbocycles. The van der Waals surface area contributed by atoms with E-state index < -0.39 is 8.07 Å². The fourth-order valence-electron chi connectivity index (χ4n) is 1.57. The van der Waals surface area contributed by atoms with E-state index in [1.165, 1.54) is 5.56 Å². The smallest absolute Gasteiger partial charge is 0.129 e. The maximum absolute atomic E-state index is 3.38. The summed E-state index contributed by atoms with van der Waals surface area (Å²) >= 11 is 0. The fraction of sp³-hybridized carbons (Fsp3) is 0.176. The summed E-state index contributed by atoms with van der Waals surface area (Å²) in [6.07, 6.45) is 6.10. The Kier molecular flexibility index (Phi) is 4.09. The highest BCUT2D eigenvalue weighted by Gasteiger charge is 2.07. The fourth-order valence-corrected chi connectivity index (χ4v) is 2.09. The van der Waals surface area contributed by atoms with E-state index in [0.717, 1.165) is 11.3 Å². The van der Waals surface area contributed by atoms with Gasteiger partial charge in [-0.05, 0) is 35.9 Å². The Labute approximate surface area is 116 Å². The van der Waals surface area contributed by atoms with Crippen LogP contribution < -0.4 is 0 Å². The summed E-state index contributed by atoms with van der Waals surface area (Å²) in [6, 6.07) is 12.4. The van der Waals surface area contributed by atoms with Crippen molar-refractivity contribution < 1.29 is 0 Å². The van der Waals surface area contributed by atoms with Gasteiger partial charge in [0.15, 0.2) is 0 Å². The number of aromatic nitrogens is 1. The zero-order chi connectivity index (χ0) is 13.7. The second-order valence-electron chi connectivity index (χ2n) is 5.58. The molecule has 2 heteroatoms.